The molecule has 0 saturated heterocycles. The molecule has 0 heterocycles. The molecule has 1 N–H and O–H groups in total. The third-order valence-electron chi connectivity index (χ3n) is 6.01. The number of nitrogens with one attached hydrogen (secondary N) is 1. The van der Waals surface area contributed by atoms with Crippen molar-refractivity contribution in [2.24, 2.45) is 0 Å². The Morgan fingerprint density at radius 1 is 1.21 bits per heavy atom. The lowest BCUT2D eigenvalue weighted by Gasteiger charge is -2.29. The number of hydrogen-bond acceptors (Lipinski definition) is 6. The van der Waals surface area contributed by atoms with Crippen LogP contribution in [0.3, 0.4) is 0 Å². The summed E-state index contributed by atoms with van der Waals surface area (Å²) in [6.07, 6.45) is 4.10. The van der Waals surface area contributed by atoms with E-state index in [1.54, 1.807) is 6.92 Å². The van der Waals surface area contributed by atoms with E-state index in [1.165, 1.54) is 30.2 Å². The third kappa shape index (κ3) is 6.46. The molecular weight excluding hydrogens is 438 g/mol. The summed E-state index contributed by atoms with van der Waals surface area (Å²) in [6.45, 7) is 3.62. The summed E-state index contributed by atoms with van der Waals surface area (Å²) in [5.41, 5.74) is 1.77. The number of nitro benzene ring substituents is 1. The molecule has 9 nitrogen and oxygen atoms in total. The van der Waals surface area contributed by atoms with Crippen molar-refractivity contribution in [1.29, 1.82) is 0 Å². The minimum atomic E-state index is -0.691. The second-order valence-corrected chi connectivity index (χ2v) is 8.56. The minimum Gasteiger partial charge on any atom is -0.490 e. The van der Waals surface area contributed by atoms with Crippen LogP contribution >= 0.6 is 0 Å². The van der Waals surface area contributed by atoms with Gasteiger partial charge in [0.05, 0.1) is 12.0 Å². The van der Waals surface area contributed by atoms with Gasteiger partial charge in [0.15, 0.2) is 6.61 Å². The molecule has 1 aliphatic carbocycles. The number of hydrogen-bond donors (Lipinski definition) is 1. The summed E-state index contributed by atoms with van der Waals surface area (Å²) in [5.74, 6) is -0.261. The Hall–Kier alpha value is -3.62. The fraction of sp³-hybridized carbons (Fsp3) is 0.440. The van der Waals surface area contributed by atoms with Gasteiger partial charge in [0.2, 0.25) is 11.7 Å². The quantitative estimate of drug-likeness (QED) is 0.419. The van der Waals surface area contributed by atoms with Crippen LogP contribution in [-0.4, -0.2) is 47.4 Å². The van der Waals surface area contributed by atoms with E-state index in [-0.39, 0.29) is 48.2 Å². The largest absolute Gasteiger partial charge is 0.490 e. The molecule has 1 aliphatic rings. The molecule has 0 bridgehead atoms. The van der Waals surface area contributed by atoms with Gasteiger partial charge in [-0.05, 0) is 38.3 Å². The van der Waals surface area contributed by atoms with Crippen LogP contribution in [0, 0.1) is 17.0 Å². The van der Waals surface area contributed by atoms with Gasteiger partial charge in [-0.15, -0.1) is 0 Å². The van der Waals surface area contributed by atoms with Crippen LogP contribution in [0.5, 0.6) is 11.5 Å². The van der Waals surface area contributed by atoms with E-state index in [9.17, 15) is 19.7 Å². The zero-order chi connectivity index (χ0) is 24.7. The van der Waals surface area contributed by atoms with E-state index in [4.69, 9.17) is 9.47 Å². The highest BCUT2D eigenvalue weighted by molar-refractivity contribution is 5.88. The van der Waals surface area contributed by atoms with Gasteiger partial charge >= 0.3 is 5.69 Å². The van der Waals surface area contributed by atoms with Crippen LogP contribution in [0.4, 0.5) is 5.69 Å². The van der Waals surface area contributed by atoms with E-state index >= 15 is 0 Å². The monoisotopic (exact) mass is 469 g/mol. The molecule has 1 saturated carbocycles. The number of carbonyl (C=O) groups excluding carboxylic acids is 2. The van der Waals surface area contributed by atoms with Crippen molar-refractivity contribution in [3.63, 3.8) is 0 Å². The molecular formula is C25H31N3O6. The molecule has 0 spiro atoms. The number of nitrogens with zero attached hydrogens (tertiary/aromatic N) is 2. The number of ether oxygens (including phenoxy) is 2. The molecule has 3 rings (SSSR count). The second-order valence-electron chi connectivity index (χ2n) is 8.56. The second kappa shape index (κ2) is 11.5. The normalized spacial score (nSPS) is 14.3. The molecule has 2 amide bonds. The van der Waals surface area contributed by atoms with E-state index < -0.39 is 11.0 Å². The standard InChI is InChI=1S/C25H31N3O6/c1-17-7-6-8-19(13-17)15-27(18(2)25(30)26-20-9-4-5-10-20)24(29)16-34-21-11-12-22(28(31)32)23(14-21)33-3/h6-8,11-14,18,20H,4-5,9-10,15-16H2,1-3H3,(H,26,30). The van der Waals surface area contributed by atoms with Gasteiger partial charge in [-0.3, -0.25) is 19.7 Å². The highest BCUT2D eigenvalue weighted by Crippen LogP contribution is 2.30. The van der Waals surface area contributed by atoms with E-state index in [0.29, 0.717) is 0 Å². The van der Waals surface area contributed by atoms with Gasteiger partial charge in [-0.25, -0.2) is 0 Å². The van der Waals surface area contributed by atoms with Crippen molar-refractivity contribution in [1.82, 2.24) is 10.2 Å². The van der Waals surface area contributed by atoms with Gasteiger partial charge < -0.3 is 19.7 Å². The number of rotatable bonds is 10. The molecule has 0 aliphatic heterocycles. The SMILES string of the molecule is COc1cc(OCC(=O)N(Cc2cccc(C)c2)C(C)C(=O)NC2CCCC2)ccc1[N+](=O)[O-]. The van der Waals surface area contributed by atoms with Gasteiger partial charge in [-0.2, -0.15) is 0 Å². The lowest BCUT2D eigenvalue weighted by atomic mass is 10.1. The average Bonchev–Trinajstić information content (AvgIpc) is 3.33. The first-order chi connectivity index (χ1) is 16.3. The van der Waals surface area contributed by atoms with Crippen LogP contribution in [0.15, 0.2) is 42.5 Å². The van der Waals surface area contributed by atoms with Crippen molar-refractivity contribution in [2.75, 3.05) is 13.7 Å². The molecule has 34 heavy (non-hydrogen) atoms. The summed E-state index contributed by atoms with van der Waals surface area (Å²) < 4.78 is 10.7. The molecule has 1 fully saturated rings. The minimum absolute atomic E-state index is 0.0378. The molecule has 2 aromatic carbocycles. The predicted octanol–water partition coefficient (Wildman–Crippen LogP) is 3.77. The average molecular weight is 470 g/mol. The van der Waals surface area contributed by atoms with Crippen LogP contribution in [-0.2, 0) is 16.1 Å². The number of carbonyl (C=O) groups is 2. The van der Waals surface area contributed by atoms with Gasteiger partial charge in [-0.1, -0.05) is 42.7 Å². The molecule has 2 aromatic rings. The molecule has 1 atom stereocenters. The Balaban J connectivity index is 1.74. The highest BCUT2D eigenvalue weighted by atomic mass is 16.6. The first-order valence-electron chi connectivity index (χ1n) is 11.4. The molecule has 9 heteroatoms. The van der Waals surface area contributed by atoms with Crippen molar-refractivity contribution in [3.05, 3.63) is 63.7 Å². The lowest BCUT2D eigenvalue weighted by Crippen LogP contribution is -2.50. The van der Waals surface area contributed by atoms with Crippen molar-refractivity contribution in [3.8, 4) is 11.5 Å². The Labute approximate surface area is 199 Å². The van der Waals surface area contributed by atoms with Crippen LogP contribution in [0.1, 0.15) is 43.7 Å². The molecule has 1 unspecified atom stereocenters. The Kier molecular flexibility index (Phi) is 8.45. The highest BCUT2D eigenvalue weighted by Gasteiger charge is 2.29. The zero-order valence-corrected chi connectivity index (χ0v) is 19.8. The number of methoxy groups -OCH3 is 1. The van der Waals surface area contributed by atoms with Crippen LogP contribution < -0.4 is 14.8 Å². The smallest absolute Gasteiger partial charge is 0.311 e. The Bertz CT molecular complexity index is 1040. The summed E-state index contributed by atoms with van der Waals surface area (Å²) >= 11 is 0. The fourth-order valence-electron chi connectivity index (χ4n) is 4.11. The molecule has 182 valence electrons. The van der Waals surface area contributed by atoms with Gasteiger partial charge in [0.1, 0.15) is 11.8 Å². The summed E-state index contributed by atoms with van der Waals surface area (Å²) in [6, 6.07) is 11.3. The number of amides is 2. The third-order valence-corrected chi connectivity index (χ3v) is 6.01. The Morgan fingerprint density at radius 3 is 2.59 bits per heavy atom. The van der Waals surface area contributed by atoms with Crippen molar-refractivity contribution in [2.45, 2.75) is 58.2 Å². The first kappa shape index (κ1) is 25.0. The number of nitro groups is 1. The summed E-state index contributed by atoms with van der Waals surface area (Å²) in [7, 11) is 1.32. The maximum Gasteiger partial charge on any atom is 0.311 e. The van der Waals surface area contributed by atoms with Crippen molar-refractivity contribution < 1.29 is 24.0 Å². The summed E-state index contributed by atoms with van der Waals surface area (Å²) in [4.78, 5) is 38.2. The van der Waals surface area contributed by atoms with E-state index in [0.717, 1.165) is 36.8 Å². The molecule has 0 aromatic heterocycles. The lowest BCUT2D eigenvalue weighted by molar-refractivity contribution is -0.385. The maximum atomic E-state index is 13.2. The summed E-state index contributed by atoms with van der Waals surface area (Å²) in [5, 5.41) is 14.2. The topological polar surface area (TPSA) is 111 Å². The number of aryl methyl sites for hydroxylation is 1. The van der Waals surface area contributed by atoms with Crippen molar-refractivity contribution >= 4 is 17.5 Å². The Morgan fingerprint density at radius 2 is 1.94 bits per heavy atom. The predicted molar refractivity (Wildman–Crippen MR) is 127 cm³/mol. The maximum absolute atomic E-state index is 13.2. The van der Waals surface area contributed by atoms with Crippen LogP contribution in [0.25, 0.3) is 0 Å². The first-order valence-corrected chi connectivity index (χ1v) is 11.4. The van der Waals surface area contributed by atoms with Crippen LogP contribution in [0.2, 0.25) is 0 Å². The zero-order valence-electron chi connectivity index (χ0n) is 19.8. The van der Waals surface area contributed by atoms with E-state index in [2.05, 4.69) is 5.32 Å². The molecule has 0 radical (unpaired) electrons. The van der Waals surface area contributed by atoms with E-state index in [1.807, 2.05) is 31.2 Å². The number of benzene rings is 2. The van der Waals surface area contributed by atoms with Gasteiger partial charge in [0.25, 0.3) is 5.91 Å². The fourth-order valence-corrected chi connectivity index (χ4v) is 4.11. The van der Waals surface area contributed by atoms with Gasteiger partial charge in [0, 0.05) is 24.7 Å².